The topological polar surface area (TPSA) is 80.5 Å². The van der Waals surface area contributed by atoms with Gasteiger partial charge in [-0.1, -0.05) is 29.8 Å². The van der Waals surface area contributed by atoms with Crippen LogP contribution in [-0.2, 0) is 10.0 Å². The Hall–Kier alpha value is -0.990. The van der Waals surface area contributed by atoms with Gasteiger partial charge < -0.3 is 0 Å². The highest BCUT2D eigenvalue weighted by atomic mass is 79.9. The predicted octanol–water partition coefficient (Wildman–Crippen LogP) is 3.02. The molecule has 1 aliphatic heterocycles. The number of nitro benzene ring substituents is 1. The van der Waals surface area contributed by atoms with Crippen LogP contribution in [0.1, 0.15) is 20.3 Å². The van der Waals surface area contributed by atoms with Crippen LogP contribution in [0.4, 0.5) is 5.69 Å². The number of nitro groups is 1. The number of nitrogens with zero attached hydrogens (tertiary/aromatic N) is 2. The van der Waals surface area contributed by atoms with E-state index in [1.165, 1.54) is 22.5 Å². The molecule has 116 valence electrons. The average Bonchev–Trinajstić information content (AvgIpc) is 2.41. The van der Waals surface area contributed by atoms with Gasteiger partial charge in [0.05, 0.1) is 4.92 Å². The van der Waals surface area contributed by atoms with Crippen molar-refractivity contribution in [2.45, 2.75) is 25.2 Å². The van der Waals surface area contributed by atoms with E-state index in [9.17, 15) is 18.5 Å². The highest BCUT2D eigenvalue weighted by molar-refractivity contribution is 9.10. The Labute approximate surface area is 132 Å². The molecule has 0 saturated carbocycles. The first-order valence-corrected chi connectivity index (χ1v) is 8.91. The molecule has 1 fully saturated rings. The molecule has 21 heavy (non-hydrogen) atoms. The maximum atomic E-state index is 12.7. The Morgan fingerprint density at radius 1 is 1.33 bits per heavy atom. The molecule has 8 heteroatoms. The van der Waals surface area contributed by atoms with Gasteiger partial charge in [-0.3, -0.25) is 10.1 Å². The van der Waals surface area contributed by atoms with Gasteiger partial charge in [0, 0.05) is 23.6 Å². The fourth-order valence-corrected chi connectivity index (χ4v) is 4.68. The molecule has 0 N–H and O–H groups in total. The second kappa shape index (κ2) is 6.02. The summed E-state index contributed by atoms with van der Waals surface area (Å²) in [5.74, 6) is 0.689. The van der Waals surface area contributed by atoms with Crippen molar-refractivity contribution in [2.75, 3.05) is 13.1 Å². The third kappa shape index (κ3) is 3.27. The summed E-state index contributed by atoms with van der Waals surface area (Å²) in [6.45, 7) is 4.89. The molecule has 1 aliphatic rings. The second-order valence-electron chi connectivity index (χ2n) is 5.48. The minimum atomic E-state index is -3.85. The number of hydrogen-bond donors (Lipinski definition) is 0. The summed E-state index contributed by atoms with van der Waals surface area (Å²) in [4.78, 5) is 10.2. The molecule has 6 nitrogen and oxygen atoms in total. The zero-order valence-electron chi connectivity index (χ0n) is 11.8. The van der Waals surface area contributed by atoms with Crippen molar-refractivity contribution in [2.24, 2.45) is 11.8 Å². The van der Waals surface area contributed by atoms with Crippen LogP contribution in [0.15, 0.2) is 27.6 Å². The van der Waals surface area contributed by atoms with E-state index in [2.05, 4.69) is 22.9 Å². The van der Waals surface area contributed by atoms with E-state index in [1.807, 2.05) is 6.92 Å². The number of benzene rings is 1. The number of sulfonamides is 1. The summed E-state index contributed by atoms with van der Waals surface area (Å²) in [6, 6.07) is 3.99. The van der Waals surface area contributed by atoms with Gasteiger partial charge in [0.15, 0.2) is 4.90 Å². The fraction of sp³-hybridized carbons (Fsp3) is 0.538. The minimum absolute atomic E-state index is 0.236. The van der Waals surface area contributed by atoms with Crippen molar-refractivity contribution in [1.29, 1.82) is 0 Å². The van der Waals surface area contributed by atoms with E-state index in [-0.39, 0.29) is 16.5 Å². The van der Waals surface area contributed by atoms with E-state index >= 15 is 0 Å². The Kier molecular flexibility index (Phi) is 4.69. The zero-order valence-corrected chi connectivity index (χ0v) is 14.2. The highest BCUT2D eigenvalue weighted by Crippen LogP contribution is 2.33. The average molecular weight is 377 g/mol. The second-order valence-corrected chi connectivity index (χ2v) is 8.30. The Morgan fingerprint density at radius 2 is 2.00 bits per heavy atom. The fourth-order valence-electron chi connectivity index (χ4n) is 2.43. The summed E-state index contributed by atoms with van der Waals surface area (Å²) in [7, 11) is -3.85. The monoisotopic (exact) mass is 376 g/mol. The number of halogens is 1. The van der Waals surface area contributed by atoms with Gasteiger partial charge >= 0.3 is 0 Å². The minimum Gasteiger partial charge on any atom is -0.258 e. The van der Waals surface area contributed by atoms with Crippen LogP contribution in [0.3, 0.4) is 0 Å². The molecule has 1 heterocycles. The molecule has 0 aromatic heterocycles. The largest absolute Gasteiger partial charge is 0.289 e. The highest BCUT2D eigenvalue weighted by Gasteiger charge is 2.35. The Balaban J connectivity index is 2.45. The van der Waals surface area contributed by atoms with Gasteiger partial charge in [-0.05, 0) is 30.4 Å². The lowest BCUT2D eigenvalue weighted by molar-refractivity contribution is -0.387. The molecule has 0 spiro atoms. The summed E-state index contributed by atoms with van der Waals surface area (Å²) in [6.07, 6.45) is 0.766. The summed E-state index contributed by atoms with van der Waals surface area (Å²) >= 11 is 3.18. The SMILES string of the molecule is CC1CCN(S(=O)(=O)c2cc(Br)ccc2[N+](=O)[O-])CC1C. The van der Waals surface area contributed by atoms with Gasteiger partial charge in [0.1, 0.15) is 0 Å². The molecule has 0 amide bonds. The summed E-state index contributed by atoms with van der Waals surface area (Å²) < 4.78 is 27.3. The number of piperidine rings is 1. The molecule has 2 unspecified atom stereocenters. The summed E-state index contributed by atoms with van der Waals surface area (Å²) in [5, 5.41) is 11.1. The van der Waals surface area contributed by atoms with E-state index in [0.717, 1.165) is 6.42 Å². The lowest BCUT2D eigenvalue weighted by Crippen LogP contribution is -2.42. The van der Waals surface area contributed by atoms with Crippen molar-refractivity contribution in [3.8, 4) is 0 Å². The van der Waals surface area contributed by atoms with Gasteiger partial charge in [-0.2, -0.15) is 4.31 Å². The Morgan fingerprint density at radius 3 is 2.57 bits per heavy atom. The molecule has 1 aromatic carbocycles. The molecule has 2 rings (SSSR count). The van der Waals surface area contributed by atoms with Crippen molar-refractivity contribution < 1.29 is 13.3 Å². The normalized spacial score (nSPS) is 24.0. The van der Waals surface area contributed by atoms with Crippen molar-refractivity contribution in [1.82, 2.24) is 4.31 Å². The van der Waals surface area contributed by atoms with Gasteiger partial charge in [0.2, 0.25) is 10.0 Å². The van der Waals surface area contributed by atoms with Crippen LogP contribution < -0.4 is 0 Å². The van der Waals surface area contributed by atoms with Crippen LogP contribution in [0.25, 0.3) is 0 Å². The van der Waals surface area contributed by atoms with Crippen molar-refractivity contribution >= 4 is 31.6 Å². The first-order valence-electron chi connectivity index (χ1n) is 6.67. The number of rotatable bonds is 3. The third-order valence-electron chi connectivity index (χ3n) is 4.03. The lowest BCUT2D eigenvalue weighted by atomic mass is 9.90. The summed E-state index contributed by atoms with van der Waals surface area (Å²) in [5.41, 5.74) is -0.385. The van der Waals surface area contributed by atoms with Crippen LogP contribution >= 0.6 is 15.9 Å². The van der Waals surface area contributed by atoms with E-state index in [0.29, 0.717) is 23.5 Å². The maximum Gasteiger partial charge on any atom is 0.289 e. The molecule has 0 radical (unpaired) electrons. The van der Waals surface area contributed by atoms with Crippen LogP contribution in [-0.4, -0.2) is 30.7 Å². The van der Waals surface area contributed by atoms with Crippen LogP contribution in [0, 0.1) is 22.0 Å². The van der Waals surface area contributed by atoms with Crippen molar-refractivity contribution in [3.05, 3.63) is 32.8 Å². The Bertz CT molecular complexity index is 662. The number of hydrogen-bond acceptors (Lipinski definition) is 4. The molecule has 0 bridgehead atoms. The van der Waals surface area contributed by atoms with Gasteiger partial charge in [-0.25, -0.2) is 8.42 Å². The first kappa shape index (κ1) is 16.4. The van der Waals surface area contributed by atoms with Gasteiger partial charge in [0.25, 0.3) is 5.69 Å². The smallest absolute Gasteiger partial charge is 0.258 e. The molecule has 0 aliphatic carbocycles. The zero-order chi connectivity index (χ0) is 15.8. The standard InChI is InChI=1S/C13H17BrN2O4S/c1-9-5-6-15(8-10(9)2)21(19,20)13-7-11(14)3-4-12(13)16(17)18/h3-4,7,9-10H,5-6,8H2,1-2H3. The molecule has 2 atom stereocenters. The first-order chi connectivity index (χ1) is 9.73. The third-order valence-corrected chi connectivity index (χ3v) is 6.42. The van der Waals surface area contributed by atoms with Crippen molar-refractivity contribution in [3.63, 3.8) is 0 Å². The molecule has 1 saturated heterocycles. The van der Waals surface area contributed by atoms with E-state index in [1.54, 1.807) is 0 Å². The van der Waals surface area contributed by atoms with Crippen LogP contribution in [0.5, 0.6) is 0 Å². The quantitative estimate of drug-likeness (QED) is 0.599. The van der Waals surface area contributed by atoms with Crippen LogP contribution in [0.2, 0.25) is 0 Å². The van der Waals surface area contributed by atoms with E-state index < -0.39 is 14.9 Å². The van der Waals surface area contributed by atoms with E-state index in [4.69, 9.17) is 0 Å². The molecule has 1 aromatic rings. The lowest BCUT2D eigenvalue weighted by Gasteiger charge is -2.34. The molecular formula is C13H17BrN2O4S. The maximum absolute atomic E-state index is 12.7. The molecular weight excluding hydrogens is 360 g/mol. The predicted molar refractivity (Wildman–Crippen MR) is 82.5 cm³/mol. The van der Waals surface area contributed by atoms with Gasteiger partial charge in [-0.15, -0.1) is 0 Å².